The minimum absolute atomic E-state index is 0.495. The third-order valence-electron chi connectivity index (χ3n) is 3.29. The normalized spacial score (nSPS) is 10.7. The lowest BCUT2D eigenvalue weighted by Crippen LogP contribution is -2.23. The molecule has 102 valence electrons. The molecule has 0 aromatic carbocycles. The predicted octanol–water partition coefficient (Wildman–Crippen LogP) is 2.54. The first-order valence-electron chi connectivity index (χ1n) is 6.32. The van der Waals surface area contributed by atoms with Crippen LogP contribution in [0.4, 0.5) is 5.82 Å². The van der Waals surface area contributed by atoms with E-state index in [2.05, 4.69) is 22.0 Å². The Kier molecular flexibility index (Phi) is 4.43. The maximum atomic E-state index is 6.02. The van der Waals surface area contributed by atoms with E-state index in [0.29, 0.717) is 5.88 Å². The molecule has 2 rings (SSSR count). The van der Waals surface area contributed by atoms with E-state index in [4.69, 9.17) is 11.6 Å². The van der Waals surface area contributed by atoms with Gasteiger partial charge in [-0.15, -0.1) is 11.6 Å². The van der Waals surface area contributed by atoms with Crippen LogP contribution >= 0.6 is 11.6 Å². The number of alkyl halides is 1. The molecule has 4 nitrogen and oxygen atoms in total. The topological polar surface area (TPSA) is 34.0 Å². The van der Waals surface area contributed by atoms with Crippen molar-refractivity contribution < 1.29 is 0 Å². The molecule has 0 atom stereocenters. The third kappa shape index (κ3) is 3.07. The fourth-order valence-electron chi connectivity index (χ4n) is 2.28. The molecule has 19 heavy (non-hydrogen) atoms. The number of anilines is 1. The van der Waals surface area contributed by atoms with Gasteiger partial charge in [0.2, 0.25) is 0 Å². The van der Waals surface area contributed by atoms with Crippen LogP contribution in [0.1, 0.15) is 16.8 Å². The van der Waals surface area contributed by atoms with Gasteiger partial charge in [0, 0.05) is 38.6 Å². The Balaban J connectivity index is 2.10. The van der Waals surface area contributed by atoms with Gasteiger partial charge in [-0.2, -0.15) is 5.10 Å². The molecule has 0 aliphatic rings. The van der Waals surface area contributed by atoms with Gasteiger partial charge in [-0.1, -0.05) is 0 Å². The zero-order chi connectivity index (χ0) is 13.8. The number of nitrogens with zero attached hydrogens (tertiary/aromatic N) is 4. The van der Waals surface area contributed by atoms with E-state index in [1.807, 2.05) is 43.2 Å². The fourth-order valence-corrected chi connectivity index (χ4v) is 2.59. The monoisotopic (exact) mass is 278 g/mol. The predicted molar refractivity (Wildman–Crippen MR) is 78.7 cm³/mol. The molecular weight excluding hydrogens is 260 g/mol. The molecular formula is C14H19ClN4. The third-order valence-corrected chi connectivity index (χ3v) is 3.56. The molecule has 0 aliphatic carbocycles. The average Bonchev–Trinajstić information content (AvgIpc) is 2.71. The lowest BCUT2D eigenvalue weighted by atomic mass is 10.2. The van der Waals surface area contributed by atoms with E-state index in [1.165, 1.54) is 5.56 Å². The zero-order valence-electron chi connectivity index (χ0n) is 11.6. The van der Waals surface area contributed by atoms with Crippen molar-refractivity contribution in [3.05, 3.63) is 41.3 Å². The number of rotatable bonds is 5. The lowest BCUT2D eigenvalue weighted by Gasteiger charge is -2.20. The molecule has 2 aromatic heterocycles. The van der Waals surface area contributed by atoms with Gasteiger partial charge in [0.05, 0.1) is 11.6 Å². The number of likely N-dealkylation sites (N-methyl/N-ethyl adjacent to an activating group) is 1. The molecule has 0 bridgehead atoms. The van der Waals surface area contributed by atoms with Gasteiger partial charge in [-0.3, -0.25) is 9.67 Å². The molecule has 0 N–H and O–H groups in total. The second-order valence-corrected chi connectivity index (χ2v) is 4.94. The van der Waals surface area contributed by atoms with Crippen LogP contribution in [-0.2, 0) is 19.3 Å². The highest BCUT2D eigenvalue weighted by atomic mass is 35.5. The van der Waals surface area contributed by atoms with Crippen molar-refractivity contribution in [1.82, 2.24) is 14.8 Å². The van der Waals surface area contributed by atoms with Gasteiger partial charge in [0.25, 0.3) is 0 Å². The molecule has 0 fully saturated rings. The highest BCUT2D eigenvalue weighted by Gasteiger charge is 2.15. The summed E-state index contributed by atoms with van der Waals surface area (Å²) < 4.78 is 1.90. The van der Waals surface area contributed by atoms with Crippen molar-refractivity contribution >= 4 is 17.4 Å². The number of halogens is 1. The van der Waals surface area contributed by atoms with E-state index in [0.717, 1.165) is 30.0 Å². The summed E-state index contributed by atoms with van der Waals surface area (Å²) in [5.41, 5.74) is 3.40. The SMILES string of the molecule is Cc1nn(C)c(N(C)CCc2ccncc2)c1CCl. The van der Waals surface area contributed by atoms with Gasteiger partial charge in [-0.25, -0.2) is 0 Å². The molecule has 0 spiro atoms. The van der Waals surface area contributed by atoms with Crippen LogP contribution in [-0.4, -0.2) is 28.4 Å². The Bertz CT molecular complexity index is 536. The molecule has 0 saturated heterocycles. The molecule has 0 saturated carbocycles. The van der Waals surface area contributed by atoms with E-state index in [1.54, 1.807) is 0 Å². The van der Waals surface area contributed by atoms with Crippen LogP contribution in [0.2, 0.25) is 0 Å². The van der Waals surface area contributed by atoms with Crippen molar-refractivity contribution in [3.8, 4) is 0 Å². The highest BCUT2D eigenvalue weighted by Crippen LogP contribution is 2.24. The van der Waals surface area contributed by atoms with Crippen LogP contribution in [0, 0.1) is 6.92 Å². The molecule has 2 aromatic rings. The van der Waals surface area contributed by atoms with E-state index in [-0.39, 0.29) is 0 Å². The first-order valence-corrected chi connectivity index (χ1v) is 6.85. The summed E-state index contributed by atoms with van der Waals surface area (Å²) in [5, 5.41) is 4.44. The average molecular weight is 279 g/mol. The summed E-state index contributed by atoms with van der Waals surface area (Å²) in [4.78, 5) is 6.24. The molecule has 2 heterocycles. The zero-order valence-corrected chi connectivity index (χ0v) is 12.4. The minimum atomic E-state index is 0.495. The molecule has 0 radical (unpaired) electrons. The Morgan fingerprint density at radius 2 is 2.00 bits per heavy atom. The maximum Gasteiger partial charge on any atom is 0.130 e. The van der Waals surface area contributed by atoms with Gasteiger partial charge in [-0.05, 0) is 31.0 Å². The standard InChI is InChI=1S/C14H19ClN4/c1-11-13(10-15)14(19(3)17-11)18(2)9-6-12-4-7-16-8-5-12/h4-5,7-8H,6,9-10H2,1-3H3. The second kappa shape index (κ2) is 6.06. The maximum absolute atomic E-state index is 6.02. The lowest BCUT2D eigenvalue weighted by molar-refractivity contribution is 0.723. The minimum Gasteiger partial charge on any atom is -0.359 e. The van der Waals surface area contributed by atoms with Crippen molar-refractivity contribution in [2.24, 2.45) is 7.05 Å². The summed E-state index contributed by atoms with van der Waals surface area (Å²) in [5.74, 6) is 1.59. The van der Waals surface area contributed by atoms with E-state index >= 15 is 0 Å². The Morgan fingerprint density at radius 1 is 1.32 bits per heavy atom. The number of aryl methyl sites for hydroxylation is 2. The van der Waals surface area contributed by atoms with E-state index < -0.39 is 0 Å². The Hall–Kier alpha value is -1.55. The first-order chi connectivity index (χ1) is 9.13. The summed E-state index contributed by atoms with van der Waals surface area (Å²) in [7, 11) is 4.04. The van der Waals surface area contributed by atoms with Gasteiger partial charge in [0.1, 0.15) is 5.82 Å². The molecule has 0 amide bonds. The van der Waals surface area contributed by atoms with Crippen molar-refractivity contribution in [1.29, 1.82) is 0 Å². The van der Waals surface area contributed by atoms with E-state index in [9.17, 15) is 0 Å². The Labute approximate surface area is 119 Å². The van der Waals surface area contributed by atoms with Crippen LogP contribution in [0.5, 0.6) is 0 Å². The summed E-state index contributed by atoms with van der Waals surface area (Å²) in [6, 6.07) is 4.09. The van der Waals surface area contributed by atoms with Gasteiger partial charge >= 0.3 is 0 Å². The van der Waals surface area contributed by atoms with Crippen molar-refractivity contribution in [2.75, 3.05) is 18.5 Å². The largest absolute Gasteiger partial charge is 0.359 e. The quantitative estimate of drug-likeness (QED) is 0.788. The fraction of sp³-hybridized carbons (Fsp3) is 0.429. The van der Waals surface area contributed by atoms with Crippen LogP contribution in [0.25, 0.3) is 0 Å². The highest BCUT2D eigenvalue weighted by molar-refractivity contribution is 6.17. The number of hydrogen-bond donors (Lipinski definition) is 0. The molecule has 0 aliphatic heterocycles. The smallest absolute Gasteiger partial charge is 0.130 e. The Morgan fingerprint density at radius 3 is 2.63 bits per heavy atom. The van der Waals surface area contributed by atoms with Crippen LogP contribution in [0.15, 0.2) is 24.5 Å². The summed E-state index contributed by atoms with van der Waals surface area (Å²) >= 11 is 6.02. The molecule has 5 heteroatoms. The van der Waals surface area contributed by atoms with Crippen LogP contribution in [0.3, 0.4) is 0 Å². The second-order valence-electron chi connectivity index (χ2n) is 4.67. The van der Waals surface area contributed by atoms with Gasteiger partial charge in [0.15, 0.2) is 0 Å². The van der Waals surface area contributed by atoms with Crippen LogP contribution < -0.4 is 4.90 Å². The number of aromatic nitrogens is 3. The number of hydrogen-bond acceptors (Lipinski definition) is 3. The molecule has 0 unspecified atom stereocenters. The van der Waals surface area contributed by atoms with Crippen molar-refractivity contribution in [2.45, 2.75) is 19.2 Å². The van der Waals surface area contributed by atoms with Gasteiger partial charge < -0.3 is 4.90 Å². The summed E-state index contributed by atoms with van der Waals surface area (Å²) in [6.45, 7) is 2.92. The number of pyridine rings is 1. The first kappa shape index (κ1) is 13.9. The van der Waals surface area contributed by atoms with Crippen molar-refractivity contribution in [3.63, 3.8) is 0 Å². The summed E-state index contributed by atoms with van der Waals surface area (Å²) in [6.07, 6.45) is 4.63.